The van der Waals surface area contributed by atoms with Crippen molar-refractivity contribution in [2.24, 2.45) is 0 Å². The topological polar surface area (TPSA) is 101 Å². The Bertz CT molecular complexity index is 118. The summed E-state index contributed by atoms with van der Waals surface area (Å²) in [6.45, 7) is 2.84. The van der Waals surface area contributed by atoms with E-state index in [1.54, 1.807) is 4.90 Å². The first-order valence-corrected chi connectivity index (χ1v) is 4.33. The van der Waals surface area contributed by atoms with Crippen molar-refractivity contribution in [3.8, 4) is 0 Å². The van der Waals surface area contributed by atoms with Crippen LogP contribution in [0.2, 0.25) is 0 Å². The predicted octanol–water partition coefficient (Wildman–Crippen LogP) is -2.02. The van der Waals surface area contributed by atoms with Crippen LogP contribution in [0.3, 0.4) is 0 Å². The van der Waals surface area contributed by atoms with Crippen molar-refractivity contribution in [3.05, 3.63) is 0 Å². The molecule has 6 nitrogen and oxygen atoms in total. The average molecular weight is 232 g/mol. The molecule has 0 aliphatic rings. The zero-order valence-electron chi connectivity index (χ0n) is 9.39. The van der Waals surface area contributed by atoms with Crippen LogP contribution in [0.4, 0.5) is 0 Å². The summed E-state index contributed by atoms with van der Waals surface area (Å²) >= 11 is 0. The smallest absolute Gasteiger partial charge is 0.300 e. The van der Waals surface area contributed by atoms with E-state index in [1.165, 1.54) is 0 Å². The van der Waals surface area contributed by atoms with E-state index < -0.39 is 5.97 Å². The van der Waals surface area contributed by atoms with Gasteiger partial charge in [-0.05, 0) is 0 Å². The van der Waals surface area contributed by atoms with E-state index in [1.807, 2.05) is 0 Å². The number of hydrogen-bond acceptors (Lipinski definition) is 5. The van der Waals surface area contributed by atoms with Gasteiger partial charge in [0, 0.05) is 56.1 Å². The van der Waals surface area contributed by atoms with Crippen LogP contribution >= 0.6 is 0 Å². The fourth-order valence-corrected chi connectivity index (χ4v) is 0.760. The largest absolute Gasteiger partial charge is 0.481 e. The summed E-state index contributed by atoms with van der Waals surface area (Å²) in [7, 11) is 0. The van der Waals surface area contributed by atoms with Crippen LogP contribution in [0.1, 0.15) is 6.92 Å². The molecule has 0 fully saturated rings. The Labute approximate surface area is 112 Å². The molecular weight excluding hydrogens is 213 g/mol. The number of aliphatic hydroxyl groups is 3. The summed E-state index contributed by atoms with van der Waals surface area (Å²) in [5.74, 6) is -0.833. The van der Waals surface area contributed by atoms with Gasteiger partial charge in [-0.15, -0.1) is 0 Å². The average Bonchev–Trinajstić information content (AvgIpc) is 2.04. The molecule has 0 saturated heterocycles. The summed E-state index contributed by atoms with van der Waals surface area (Å²) in [6, 6.07) is 0. The maximum absolute atomic E-state index is 9.00. The standard InChI is InChI=1S/C6H15NO3.C2H4O2.Na/c8-4-1-7(2-5-9)3-6-10;1-2(3)4;/h8-10H,1-6H2;1H3,(H,3,4);. The first-order chi connectivity index (χ1) is 6.58. The number of carboxylic acid groups (broad SMARTS) is 1. The Morgan fingerprint density at radius 1 is 1.00 bits per heavy atom. The first-order valence-electron chi connectivity index (χ1n) is 4.33. The van der Waals surface area contributed by atoms with Gasteiger partial charge in [-0.2, -0.15) is 0 Å². The van der Waals surface area contributed by atoms with Gasteiger partial charge < -0.3 is 20.4 Å². The number of aliphatic carboxylic acids is 1. The quantitative estimate of drug-likeness (QED) is 0.394. The molecule has 0 unspecified atom stereocenters. The van der Waals surface area contributed by atoms with Crippen LogP contribution < -0.4 is 0 Å². The van der Waals surface area contributed by atoms with Crippen LogP contribution in [-0.2, 0) is 4.79 Å². The van der Waals surface area contributed by atoms with Gasteiger partial charge in [0.25, 0.3) is 5.97 Å². The molecule has 0 aromatic rings. The van der Waals surface area contributed by atoms with E-state index in [4.69, 9.17) is 25.2 Å². The number of carbonyl (C=O) groups is 1. The zero-order chi connectivity index (χ0) is 11.4. The zero-order valence-corrected chi connectivity index (χ0v) is 11.4. The second kappa shape index (κ2) is 16.7. The van der Waals surface area contributed by atoms with Gasteiger partial charge in [0.15, 0.2) is 0 Å². The molecule has 0 rings (SSSR count). The maximum Gasteiger partial charge on any atom is 0.300 e. The molecule has 0 amide bonds. The molecule has 0 aromatic heterocycles. The molecule has 0 spiro atoms. The molecule has 0 bridgehead atoms. The molecule has 87 valence electrons. The first kappa shape index (κ1) is 20.7. The van der Waals surface area contributed by atoms with E-state index in [0.29, 0.717) is 19.6 Å². The van der Waals surface area contributed by atoms with Gasteiger partial charge in [0.05, 0.1) is 19.8 Å². The maximum atomic E-state index is 9.00. The van der Waals surface area contributed by atoms with E-state index in [9.17, 15) is 0 Å². The number of nitrogens with zero attached hydrogens (tertiary/aromatic N) is 1. The normalized spacial score (nSPS) is 8.87. The van der Waals surface area contributed by atoms with Gasteiger partial charge in [0.2, 0.25) is 0 Å². The van der Waals surface area contributed by atoms with Crippen LogP contribution in [0.15, 0.2) is 0 Å². The number of rotatable bonds is 6. The van der Waals surface area contributed by atoms with E-state index in [0.717, 1.165) is 6.92 Å². The summed E-state index contributed by atoms with van der Waals surface area (Å²) in [6.07, 6.45) is 0. The van der Waals surface area contributed by atoms with Crippen molar-refractivity contribution >= 4 is 35.5 Å². The monoisotopic (exact) mass is 232 g/mol. The fraction of sp³-hybridized carbons (Fsp3) is 0.875. The fourth-order valence-electron chi connectivity index (χ4n) is 0.760. The second-order valence-electron chi connectivity index (χ2n) is 2.53. The number of carboxylic acids is 1. The van der Waals surface area contributed by atoms with Crippen LogP contribution in [-0.4, -0.2) is 100 Å². The number of hydrogen-bond donors (Lipinski definition) is 4. The van der Waals surface area contributed by atoms with Crippen LogP contribution in [0.5, 0.6) is 0 Å². The third-order valence-corrected chi connectivity index (χ3v) is 1.25. The van der Waals surface area contributed by atoms with E-state index >= 15 is 0 Å². The van der Waals surface area contributed by atoms with Gasteiger partial charge in [-0.25, -0.2) is 0 Å². The van der Waals surface area contributed by atoms with E-state index in [-0.39, 0.29) is 49.4 Å². The van der Waals surface area contributed by atoms with Crippen molar-refractivity contribution in [2.45, 2.75) is 6.92 Å². The molecule has 1 radical (unpaired) electrons. The third-order valence-electron chi connectivity index (χ3n) is 1.25. The van der Waals surface area contributed by atoms with Crippen molar-refractivity contribution in [2.75, 3.05) is 39.5 Å². The predicted molar refractivity (Wildman–Crippen MR) is 56.8 cm³/mol. The Kier molecular flexibility index (Phi) is 23.1. The molecule has 0 saturated carbocycles. The van der Waals surface area contributed by atoms with Crippen molar-refractivity contribution < 1.29 is 25.2 Å². The molecule has 0 aliphatic carbocycles. The van der Waals surface area contributed by atoms with Gasteiger partial charge in [-0.3, -0.25) is 9.69 Å². The molecular formula is C8H19NNaO5. The molecule has 0 atom stereocenters. The summed E-state index contributed by atoms with van der Waals surface area (Å²) in [5.41, 5.74) is 0. The van der Waals surface area contributed by atoms with Crippen molar-refractivity contribution in [3.63, 3.8) is 0 Å². The molecule has 0 aromatic carbocycles. The Hall–Kier alpha value is 0.310. The Morgan fingerprint density at radius 3 is 1.33 bits per heavy atom. The number of aliphatic hydroxyl groups excluding tert-OH is 3. The van der Waals surface area contributed by atoms with Gasteiger partial charge in [-0.1, -0.05) is 0 Å². The molecule has 0 heterocycles. The molecule has 0 aliphatic heterocycles. The minimum atomic E-state index is -0.833. The summed E-state index contributed by atoms with van der Waals surface area (Å²) in [4.78, 5) is 10.8. The summed E-state index contributed by atoms with van der Waals surface area (Å²) in [5, 5.41) is 32.9. The SMILES string of the molecule is CC(=O)O.OCCN(CCO)CCO.[Na]. The Balaban J connectivity index is -0.000000249. The van der Waals surface area contributed by atoms with Crippen molar-refractivity contribution in [1.82, 2.24) is 4.90 Å². The minimum absolute atomic E-state index is 0. The molecule has 7 heteroatoms. The van der Waals surface area contributed by atoms with Crippen molar-refractivity contribution in [1.29, 1.82) is 0 Å². The van der Waals surface area contributed by atoms with Crippen LogP contribution in [0, 0.1) is 0 Å². The van der Waals surface area contributed by atoms with Gasteiger partial charge >= 0.3 is 0 Å². The molecule has 4 N–H and O–H groups in total. The van der Waals surface area contributed by atoms with E-state index in [2.05, 4.69) is 0 Å². The minimum Gasteiger partial charge on any atom is -0.481 e. The second-order valence-corrected chi connectivity index (χ2v) is 2.53. The molecule has 15 heavy (non-hydrogen) atoms. The van der Waals surface area contributed by atoms with Crippen LogP contribution in [0.25, 0.3) is 0 Å². The Morgan fingerprint density at radius 2 is 1.20 bits per heavy atom. The third kappa shape index (κ3) is 25.0. The summed E-state index contributed by atoms with van der Waals surface area (Å²) < 4.78 is 0. The van der Waals surface area contributed by atoms with Gasteiger partial charge in [0.1, 0.15) is 0 Å².